The molecule has 3 N–H and O–H groups in total. The van der Waals surface area contributed by atoms with Crippen molar-refractivity contribution in [1.29, 1.82) is 0 Å². The van der Waals surface area contributed by atoms with Gasteiger partial charge in [-0.1, -0.05) is 0 Å². The summed E-state index contributed by atoms with van der Waals surface area (Å²) in [7, 11) is 0. The van der Waals surface area contributed by atoms with Gasteiger partial charge in [-0.3, -0.25) is 14.5 Å². The lowest BCUT2D eigenvalue weighted by Gasteiger charge is -2.30. The Morgan fingerprint density at radius 1 is 1.17 bits per heavy atom. The average molecular weight is 381 g/mol. The van der Waals surface area contributed by atoms with E-state index in [1.165, 1.54) is 29.2 Å². The maximum atomic E-state index is 13.0. The van der Waals surface area contributed by atoms with Crippen LogP contribution < -0.4 is 16.0 Å². The summed E-state index contributed by atoms with van der Waals surface area (Å²) in [6.45, 7) is 3.79. The van der Waals surface area contributed by atoms with Crippen molar-refractivity contribution in [2.45, 2.75) is 6.42 Å². The number of nitrogens with zero attached hydrogens (tertiary/aromatic N) is 2. The first-order valence-electron chi connectivity index (χ1n) is 7.33. The van der Waals surface area contributed by atoms with Gasteiger partial charge in [0, 0.05) is 44.8 Å². The maximum Gasteiger partial charge on any atom is 0.241 e. The fourth-order valence-corrected chi connectivity index (χ4v) is 2.39. The Bertz CT molecular complexity index is 525. The van der Waals surface area contributed by atoms with Crippen LogP contribution in [0.15, 0.2) is 24.3 Å². The number of primary amides is 1. The van der Waals surface area contributed by atoms with E-state index >= 15 is 0 Å². The van der Waals surface area contributed by atoms with Crippen LogP contribution in [0.4, 0.5) is 10.1 Å². The molecule has 0 aliphatic carbocycles. The highest BCUT2D eigenvalue weighted by Crippen LogP contribution is 2.16. The second-order valence-corrected chi connectivity index (χ2v) is 5.26. The molecule has 1 aliphatic heterocycles. The van der Waals surface area contributed by atoms with Crippen molar-refractivity contribution >= 4 is 42.3 Å². The lowest BCUT2D eigenvalue weighted by Crippen LogP contribution is -2.49. The van der Waals surface area contributed by atoms with Gasteiger partial charge >= 0.3 is 0 Å². The third-order valence-electron chi connectivity index (χ3n) is 3.59. The zero-order valence-corrected chi connectivity index (χ0v) is 14.9. The molecule has 1 aromatic rings. The smallest absolute Gasteiger partial charge is 0.241 e. The van der Waals surface area contributed by atoms with Crippen LogP contribution in [0.25, 0.3) is 0 Å². The first kappa shape index (κ1) is 22.6. The minimum Gasteiger partial charge on any atom is -0.370 e. The Hall–Kier alpha value is -1.41. The van der Waals surface area contributed by atoms with E-state index in [1.807, 2.05) is 0 Å². The van der Waals surface area contributed by atoms with Crippen LogP contribution in [-0.2, 0) is 9.59 Å². The van der Waals surface area contributed by atoms with E-state index in [9.17, 15) is 14.0 Å². The highest BCUT2D eigenvalue weighted by Gasteiger charge is 2.20. The molecule has 0 aromatic heterocycles. The first-order valence-corrected chi connectivity index (χ1v) is 7.33. The molecular formula is C15H23Cl2FN4O2. The number of amides is 2. The van der Waals surface area contributed by atoms with Crippen LogP contribution >= 0.6 is 24.8 Å². The number of hydrogen-bond donors (Lipinski definition) is 2. The van der Waals surface area contributed by atoms with Crippen LogP contribution in [0.1, 0.15) is 6.42 Å². The standard InChI is InChI=1S/C15H21FN4O2.2ClH/c16-12-1-3-13(4-2-12)20(8-5-14(17)21)15(22)11-19-9-6-18-7-10-19;;/h1-4,18H,5-11H2,(H2,17,21);2*1H. The van der Waals surface area contributed by atoms with Gasteiger partial charge in [-0.2, -0.15) is 0 Å². The number of halogens is 3. The third-order valence-corrected chi connectivity index (χ3v) is 3.59. The summed E-state index contributed by atoms with van der Waals surface area (Å²) in [5, 5.41) is 3.23. The maximum absolute atomic E-state index is 13.0. The minimum atomic E-state index is -0.470. The van der Waals surface area contributed by atoms with Gasteiger partial charge in [0.1, 0.15) is 5.82 Å². The molecule has 0 unspecified atom stereocenters. The number of rotatable bonds is 6. The first-order chi connectivity index (χ1) is 10.6. The second kappa shape index (κ2) is 11.2. The molecule has 0 radical (unpaired) electrons. The molecular weight excluding hydrogens is 358 g/mol. The van der Waals surface area contributed by atoms with E-state index in [1.54, 1.807) is 0 Å². The number of piperazine rings is 1. The van der Waals surface area contributed by atoms with Gasteiger partial charge in [0.25, 0.3) is 0 Å². The third kappa shape index (κ3) is 7.00. The number of hydrogen-bond acceptors (Lipinski definition) is 4. The predicted octanol–water partition coefficient (Wildman–Crippen LogP) is 0.783. The zero-order chi connectivity index (χ0) is 15.9. The second-order valence-electron chi connectivity index (χ2n) is 5.26. The molecule has 1 heterocycles. The number of carbonyl (C=O) groups is 2. The lowest BCUT2D eigenvalue weighted by atomic mass is 10.2. The Labute approximate surface area is 153 Å². The fraction of sp³-hybridized carbons (Fsp3) is 0.467. The summed E-state index contributed by atoms with van der Waals surface area (Å²) in [4.78, 5) is 27.1. The van der Waals surface area contributed by atoms with E-state index in [4.69, 9.17) is 5.73 Å². The van der Waals surface area contributed by atoms with Gasteiger partial charge in [-0.15, -0.1) is 24.8 Å². The molecule has 0 saturated carbocycles. The topological polar surface area (TPSA) is 78.7 Å². The largest absolute Gasteiger partial charge is 0.370 e. The van der Waals surface area contributed by atoms with Crippen molar-refractivity contribution in [3.63, 3.8) is 0 Å². The molecule has 24 heavy (non-hydrogen) atoms. The molecule has 9 heteroatoms. The van der Waals surface area contributed by atoms with Crippen LogP contribution in [0.2, 0.25) is 0 Å². The molecule has 0 bridgehead atoms. The van der Waals surface area contributed by atoms with Crippen LogP contribution in [0, 0.1) is 5.82 Å². The van der Waals surface area contributed by atoms with Crippen LogP contribution in [-0.4, -0.2) is 56.0 Å². The number of benzene rings is 1. The monoisotopic (exact) mass is 380 g/mol. The van der Waals surface area contributed by atoms with Crippen molar-refractivity contribution in [2.75, 3.05) is 44.2 Å². The Morgan fingerprint density at radius 3 is 2.29 bits per heavy atom. The summed E-state index contributed by atoms with van der Waals surface area (Å²) in [6, 6.07) is 5.66. The van der Waals surface area contributed by atoms with E-state index < -0.39 is 5.91 Å². The Morgan fingerprint density at radius 2 is 1.75 bits per heavy atom. The summed E-state index contributed by atoms with van der Waals surface area (Å²) < 4.78 is 13.0. The molecule has 1 fully saturated rings. The van der Waals surface area contributed by atoms with Crippen molar-refractivity contribution in [2.24, 2.45) is 5.73 Å². The molecule has 0 atom stereocenters. The van der Waals surface area contributed by atoms with Gasteiger partial charge in [0.15, 0.2) is 0 Å². The van der Waals surface area contributed by atoms with Crippen LogP contribution in [0.5, 0.6) is 0 Å². The Kier molecular flexibility index (Phi) is 10.5. The number of nitrogens with one attached hydrogen (secondary N) is 1. The zero-order valence-electron chi connectivity index (χ0n) is 13.2. The average Bonchev–Trinajstić information content (AvgIpc) is 2.50. The van der Waals surface area contributed by atoms with Crippen LogP contribution in [0.3, 0.4) is 0 Å². The predicted molar refractivity (Wildman–Crippen MR) is 96.4 cm³/mol. The summed E-state index contributed by atoms with van der Waals surface area (Å²) >= 11 is 0. The van der Waals surface area contributed by atoms with Gasteiger partial charge < -0.3 is 16.0 Å². The van der Waals surface area contributed by atoms with E-state index in [2.05, 4.69) is 10.2 Å². The highest BCUT2D eigenvalue weighted by atomic mass is 35.5. The molecule has 1 saturated heterocycles. The lowest BCUT2D eigenvalue weighted by molar-refractivity contribution is -0.120. The molecule has 6 nitrogen and oxygen atoms in total. The number of anilines is 1. The van der Waals surface area contributed by atoms with Gasteiger partial charge in [0.05, 0.1) is 6.54 Å². The summed E-state index contributed by atoms with van der Waals surface area (Å²) in [5.41, 5.74) is 5.74. The summed E-state index contributed by atoms with van der Waals surface area (Å²) in [6.07, 6.45) is 0.0741. The molecule has 2 rings (SSSR count). The number of carbonyl (C=O) groups excluding carboxylic acids is 2. The quantitative estimate of drug-likeness (QED) is 0.764. The fourth-order valence-electron chi connectivity index (χ4n) is 2.39. The van der Waals surface area contributed by atoms with Crippen molar-refractivity contribution in [3.05, 3.63) is 30.1 Å². The van der Waals surface area contributed by atoms with E-state index in [0.717, 1.165) is 26.2 Å². The molecule has 0 spiro atoms. The van der Waals surface area contributed by atoms with Gasteiger partial charge in [0.2, 0.25) is 11.8 Å². The van der Waals surface area contributed by atoms with E-state index in [-0.39, 0.29) is 56.0 Å². The SMILES string of the molecule is Cl.Cl.NC(=O)CCN(C(=O)CN1CCNCC1)c1ccc(F)cc1. The highest BCUT2D eigenvalue weighted by molar-refractivity contribution is 5.95. The van der Waals surface area contributed by atoms with Crippen molar-refractivity contribution < 1.29 is 14.0 Å². The van der Waals surface area contributed by atoms with Gasteiger partial charge in [-0.05, 0) is 24.3 Å². The molecule has 1 aliphatic rings. The van der Waals surface area contributed by atoms with Gasteiger partial charge in [-0.25, -0.2) is 4.39 Å². The molecule has 1 aromatic carbocycles. The van der Waals surface area contributed by atoms with E-state index in [0.29, 0.717) is 5.69 Å². The number of nitrogens with two attached hydrogens (primary N) is 1. The Balaban J connectivity index is 0.00000264. The summed E-state index contributed by atoms with van der Waals surface area (Å²) in [5.74, 6) is -0.954. The molecule has 2 amide bonds. The van der Waals surface area contributed by atoms with Crippen molar-refractivity contribution in [1.82, 2.24) is 10.2 Å². The molecule has 136 valence electrons. The normalized spacial score (nSPS) is 14.2. The van der Waals surface area contributed by atoms with Crippen molar-refractivity contribution in [3.8, 4) is 0 Å². The minimum absolute atomic E-state index is 0.